The molecular formula is C18H31N3. The van der Waals surface area contributed by atoms with E-state index in [1.54, 1.807) is 0 Å². The third-order valence-electron chi connectivity index (χ3n) is 4.46. The van der Waals surface area contributed by atoms with Gasteiger partial charge >= 0.3 is 0 Å². The van der Waals surface area contributed by atoms with Gasteiger partial charge in [-0.2, -0.15) is 0 Å². The maximum absolute atomic E-state index is 3.37. The first kappa shape index (κ1) is 16.5. The van der Waals surface area contributed by atoms with E-state index < -0.39 is 0 Å². The highest BCUT2D eigenvalue weighted by Crippen LogP contribution is 2.17. The summed E-state index contributed by atoms with van der Waals surface area (Å²) in [5, 5.41) is 3.37. The van der Waals surface area contributed by atoms with Crippen molar-refractivity contribution in [2.24, 2.45) is 5.92 Å². The molecule has 1 aliphatic heterocycles. The van der Waals surface area contributed by atoms with E-state index in [0.29, 0.717) is 0 Å². The minimum atomic E-state index is 0.874. The van der Waals surface area contributed by atoms with Gasteiger partial charge in [0.1, 0.15) is 0 Å². The summed E-state index contributed by atoms with van der Waals surface area (Å²) in [6.07, 6.45) is 2.70. The number of hydrogen-bond acceptors (Lipinski definition) is 3. The molecule has 1 aliphatic rings. The molecule has 2 rings (SSSR count). The smallest absolute Gasteiger partial charge is 0.0230 e. The topological polar surface area (TPSA) is 18.5 Å². The number of benzene rings is 1. The van der Waals surface area contributed by atoms with Gasteiger partial charge in [-0.05, 0) is 63.6 Å². The Bertz CT molecular complexity index is 393. The van der Waals surface area contributed by atoms with Crippen LogP contribution in [0.1, 0.15) is 30.9 Å². The molecule has 0 bridgehead atoms. The van der Waals surface area contributed by atoms with E-state index >= 15 is 0 Å². The molecule has 0 saturated carbocycles. The van der Waals surface area contributed by atoms with E-state index in [0.717, 1.165) is 25.6 Å². The Labute approximate surface area is 130 Å². The van der Waals surface area contributed by atoms with Crippen molar-refractivity contribution in [2.75, 3.05) is 40.3 Å². The van der Waals surface area contributed by atoms with Crippen molar-refractivity contribution >= 4 is 0 Å². The Morgan fingerprint density at radius 3 is 2.38 bits per heavy atom. The van der Waals surface area contributed by atoms with Gasteiger partial charge in [-0.1, -0.05) is 31.2 Å². The quantitative estimate of drug-likeness (QED) is 0.832. The highest BCUT2D eigenvalue weighted by molar-refractivity contribution is 5.22. The average Bonchev–Trinajstić information content (AvgIpc) is 2.49. The van der Waals surface area contributed by atoms with Gasteiger partial charge in [0.05, 0.1) is 0 Å². The zero-order chi connectivity index (χ0) is 15.1. The van der Waals surface area contributed by atoms with Crippen LogP contribution in [0.5, 0.6) is 0 Å². The largest absolute Gasteiger partial charge is 0.313 e. The molecule has 0 unspecified atom stereocenters. The fourth-order valence-corrected chi connectivity index (χ4v) is 3.09. The lowest BCUT2D eigenvalue weighted by Crippen LogP contribution is -2.35. The molecular weight excluding hydrogens is 258 g/mol. The molecule has 0 radical (unpaired) electrons. The molecule has 1 heterocycles. The van der Waals surface area contributed by atoms with Crippen molar-refractivity contribution < 1.29 is 0 Å². The van der Waals surface area contributed by atoms with Gasteiger partial charge in [0.15, 0.2) is 0 Å². The second-order valence-corrected chi connectivity index (χ2v) is 6.54. The molecule has 1 fully saturated rings. The lowest BCUT2D eigenvalue weighted by molar-refractivity contribution is 0.173. The van der Waals surface area contributed by atoms with Crippen molar-refractivity contribution in [3.8, 4) is 0 Å². The Morgan fingerprint density at radius 1 is 1.14 bits per heavy atom. The Morgan fingerprint density at radius 2 is 1.76 bits per heavy atom. The lowest BCUT2D eigenvalue weighted by Gasteiger charge is -2.31. The summed E-state index contributed by atoms with van der Waals surface area (Å²) in [5.74, 6) is 0.874. The van der Waals surface area contributed by atoms with Gasteiger partial charge in [0, 0.05) is 19.6 Å². The maximum atomic E-state index is 3.37. The lowest BCUT2D eigenvalue weighted by atomic mass is 9.96. The van der Waals surface area contributed by atoms with E-state index in [2.05, 4.69) is 60.4 Å². The standard InChI is InChI=1S/C18H31N3/c1-4-19-13-16-5-7-17(8-6-16)14-21(3)15-18-9-11-20(2)12-10-18/h5-8,18-19H,4,9-15H2,1-3H3. The molecule has 3 heteroatoms. The zero-order valence-electron chi connectivity index (χ0n) is 13.9. The summed E-state index contributed by atoms with van der Waals surface area (Å²) in [7, 11) is 4.49. The normalized spacial score (nSPS) is 17.5. The second kappa shape index (κ2) is 8.52. The molecule has 0 amide bonds. The van der Waals surface area contributed by atoms with Gasteiger partial charge < -0.3 is 15.1 Å². The van der Waals surface area contributed by atoms with Crippen LogP contribution in [0.25, 0.3) is 0 Å². The molecule has 3 nitrogen and oxygen atoms in total. The fraction of sp³-hybridized carbons (Fsp3) is 0.667. The van der Waals surface area contributed by atoms with Crippen LogP contribution in [0.2, 0.25) is 0 Å². The minimum absolute atomic E-state index is 0.874. The van der Waals surface area contributed by atoms with Gasteiger partial charge in [-0.15, -0.1) is 0 Å². The van der Waals surface area contributed by atoms with Gasteiger partial charge in [-0.3, -0.25) is 0 Å². The van der Waals surface area contributed by atoms with Crippen molar-refractivity contribution in [2.45, 2.75) is 32.9 Å². The Kier molecular flexibility index (Phi) is 6.68. The van der Waals surface area contributed by atoms with Crippen LogP contribution in [-0.4, -0.2) is 50.1 Å². The van der Waals surface area contributed by atoms with Crippen LogP contribution in [0.4, 0.5) is 0 Å². The molecule has 1 aromatic rings. The highest BCUT2D eigenvalue weighted by Gasteiger charge is 2.18. The van der Waals surface area contributed by atoms with E-state index in [4.69, 9.17) is 0 Å². The van der Waals surface area contributed by atoms with Crippen LogP contribution in [0.3, 0.4) is 0 Å². The van der Waals surface area contributed by atoms with Crippen LogP contribution in [-0.2, 0) is 13.1 Å². The first-order chi connectivity index (χ1) is 10.2. The molecule has 118 valence electrons. The van der Waals surface area contributed by atoms with Gasteiger partial charge in [0.2, 0.25) is 0 Å². The predicted molar refractivity (Wildman–Crippen MR) is 90.4 cm³/mol. The minimum Gasteiger partial charge on any atom is -0.313 e. The maximum Gasteiger partial charge on any atom is 0.0230 e. The molecule has 1 saturated heterocycles. The number of rotatable bonds is 7. The summed E-state index contributed by atoms with van der Waals surface area (Å²) in [5.41, 5.74) is 2.80. The van der Waals surface area contributed by atoms with E-state index in [1.165, 1.54) is 43.6 Å². The van der Waals surface area contributed by atoms with E-state index in [-0.39, 0.29) is 0 Å². The van der Waals surface area contributed by atoms with Crippen LogP contribution < -0.4 is 5.32 Å². The predicted octanol–water partition coefficient (Wildman–Crippen LogP) is 2.57. The summed E-state index contributed by atoms with van der Waals surface area (Å²) in [6, 6.07) is 9.05. The molecule has 21 heavy (non-hydrogen) atoms. The molecule has 0 aromatic heterocycles. The SMILES string of the molecule is CCNCc1ccc(CN(C)CC2CCN(C)CC2)cc1. The first-order valence-corrected chi connectivity index (χ1v) is 8.33. The zero-order valence-corrected chi connectivity index (χ0v) is 13.9. The number of nitrogens with one attached hydrogen (secondary N) is 1. The van der Waals surface area contributed by atoms with Crippen molar-refractivity contribution in [3.05, 3.63) is 35.4 Å². The summed E-state index contributed by atoms with van der Waals surface area (Å²) < 4.78 is 0. The summed E-state index contributed by atoms with van der Waals surface area (Å²) >= 11 is 0. The first-order valence-electron chi connectivity index (χ1n) is 8.33. The third kappa shape index (κ3) is 5.77. The third-order valence-corrected chi connectivity index (χ3v) is 4.46. The van der Waals surface area contributed by atoms with E-state index in [1.807, 2.05) is 0 Å². The molecule has 0 spiro atoms. The van der Waals surface area contributed by atoms with Gasteiger partial charge in [0.25, 0.3) is 0 Å². The van der Waals surface area contributed by atoms with Crippen molar-refractivity contribution in [1.82, 2.24) is 15.1 Å². The summed E-state index contributed by atoms with van der Waals surface area (Å²) in [6.45, 7) is 8.96. The van der Waals surface area contributed by atoms with Crippen LogP contribution in [0, 0.1) is 5.92 Å². The summed E-state index contributed by atoms with van der Waals surface area (Å²) in [4.78, 5) is 4.93. The number of hydrogen-bond donors (Lipinski definition) is 1. The van der Waals surface area contributed by atoms with E-state index in [9.17, 15) is 0 Å². The highest BCUT2D eigenvalue weighted by atomic mass is 15.1. The number of piperidine rings is 1. The van der Waals surface area contributed by atoms with Crippen molar-refractivity contribution in [3.63, 3.8) is 0 Å². The molecule has 0 aliphatic carbocycles. The van der Waals surface area contributed by atoms with Crippen LogP contribution >= 0.6 is 0 Å². The van der Waals surface area contributed by atoms with Crippen molar-refractivity contribution in [1.29, 1.82) is 0 Å². The monoisotopic (exact) mass is 289 g/mol. The fourth-order valence-electron chi connectivity index (χ4n) is 3.09. The molecule has 0 atom stereocenters. The average molecular weight is 289 g/mol. The molecule has 1 aromatic carbocycles. The van der Waals surface area contributed by atoms with Crippen LogP contribution in [0.15, 0.2) is 24.3 Å². The second-order valence-electron chi connectivity index (χ2n) is 6.54. The Hall–Kier alpha value is -0.900. The number of likely N-dealkylation sites (tertiary alicyclic amines) is 1. The molecule has 1 N–H and O–H groups in total. The number of nitrogens with zero attached hydrogens (tertiary/aromatic N) is 2. The van der Waals surface area contributed by atoms with Gasteiger partial charge in [-0.25, -0.2) is 0 Å². The Balaban J connectivity index is 1.75.